The summed E-state index contributed by atoms with van der Waals surface area (Å²) in [5.74, 6) is 0.445. The highest BCUT2D eigenvalue weighted by Gasteiger charge is 2.17. The molecule has 0 amide bonds. The van der Waals surface area contributed by atoms with Crippen LogP contribution in [0.15, 0.2) is 17.1 Å². The first-order chi connectivity index (χ1) is 12.0. The minimum absolute atomic E-state index is 0.0333. The standard InChI is InChI=1S/C16H21Cl2F2N3O2/c1-21-16(22-5-4-12-3-2-6-24-12)23-9-10-7-11(17)8-13(18)14(10)25-15(19)20/h7-8,12,15H,2-6,9H2,1H3,(H2,21,22,23). The Morgan fingerprint density at radius 2 is 2.20 bits per heavy atom. The predicted octanol–water partition coefficient (Wildman–Crippen LogP) is 3.83. The summed E-state index contributed by atoms with van der Waals surface area (Å²) in [6.45, 7) is -1.27. The van der Waals surface area contributed by atoms with Crippen LogP contribution in [0.2, 0.25) is 10.0 Å². The molecule has 0 bridgehead atoms. The van der Waals surface area contributed by atoms with E-state index in [1.165, 1.54) is 12.1 Å². The van der Waals surface area contributed by atoms with E-state index in [4.69, 9.17) is 27.9 Å². The van der Waals surface area contributed by atoms with Crippen LogP contribution in [0.5, 0.6) is 5.75 Å². The molecule has 9 heteroatoms. The Morgan fingerprint density at radius 3 is 2.84 bits per heavy atom. The van der Waals surface area contributed by atoms with Crippen molar-refractivity contribution in [3.05, 3.63) is 27.7 Å². The molecule has 2 rings (SSSR count). The van der Waals surface area contributed by atoms with Gasteiger partial charge in [-0.15, -0.1) is 0 Å². The molecule has 1 aliphatic heterocycles. The van der Waals surface area contributed by atoms with E-state index in [0.717, 1.165) is 25.9 Å². The fourth-order valence-corrected chi connectivity index (χ4v) is 3.17. The first-order valence-electron chi connectivity index (χ1n) is 7.98. The second kappa shape index (κ2) is 9.99. The van der Waals surface area contributed by atoms with Crippen molar-refractivity contribution in [2.75, 3.05) is 20.2 Å². The number of guanidine groups is 1. The lowest BCUT2D eigenvalue weighted by atomic mass is 10.2. The van der Waals surface area contributed by atoms with Crippen LogP contribution in [0.25, 0.3) is 0 Å². The summed E-state index contributed by atoms with van der Waals surface area (Å²) in [4.78, 5) is 4.10. The largest absolute Gasteiger partial charge is 0.433 e. The Labute approximate surface area is 155 Å². The third-order valence-corrected chi connectivity index (χ3v) is 4.24. The van der Waals surface area contributed by atoms with E-state index in [0.29, 0.717) is 23.1 Å². The van der Waals surface area contributed by atoms with Crippen molar-refractivity contribution in [2.45, 2.75) is 38.5 Å². The number of nitrogens with one attached hydrogen (secondary N) is 2. The van der Waals surface area contributed by atoms with Crippen LogP contribution in [0, 0.1) is 0 Å². The van der Waals surface area contributed by atoms with Crippen molar-refractivity contribution in [1.29, 1.82) is 0 Å². The lowest BCUT2D eigenvalue weighted by molar-refractivity contribution is -0.0504. The molecule has 25 heavy (non-hydrogen) atoms. The summed E-state index contributed by atoms with van der Waals surface area (Å²) in [5.41, 5.74) is 0.417. The number of rotatable bonds is 7. The maximum Gasteiger partial charge on any atom is 0.387 e. The minimum atomic E-state index is -2.97. The summed E-state index contributed by atoms with van der Waals surface area (Å²) in [7, 11) is 1.63. The van der Waals surface area contributed by atoms with Crippen LogP contribution in [-0.2, 0) is 11.3 Å². The average molecular weight is 396 g/mol. The van der Waals surface area contributed by atoms with Gasteiger partial charge in [0.2, 0.25) is 0 Å². The zero-order valence-corrected chi connectivity index (χ0v) is 15.3. The number of hydrogen-bond donors (Lipinski definition) is 2. The minimum Gasteiger partial charge on any atom is -0.433 e. The third-order valence-electron chi connectivity index (χ3n) is 3.74. The van der Waals surface area contributed by atoms with Gasteiger partial charge >= 0.3 is 6.61 Å². The van der Waals surface area contributed by atoms with E-state index in [-0.39, 0.29) is 23.4 Å². The van der Waals surface area contributed by atoms with Crippen LogP contribution in [0.1, 0.15) is 24.8 Å². The number of alkyl halides is 2. The Bertz CT molecular complexity index is 597. The second-order valence-electron chi connectivity index (χ2n) is 5.53. The molecule has 0 aromatic heterocycles. The summed E-state index contributed by atoms with van der Waals surface area (Å²) < 4.78 is 35.2. The molecule has 0 radical (unpaired) electrons. The van der Waals surface area contributed by atoms with Gasteiger partial charge in [0.15, 0.2) is 5.96 Å². The topological polar surface area (TPSA) is 54.9 Å². The molecule has 0 aliphatic carbocycles. The van der Waals surface area contributed by atoms with Crippen LogP contribution in [-0.4, -0.2) is 38.9 Å². The van der Waals surface area contributed by atoms with Crippen LogP contribution < -0.4 is 15.4 Å². The van der Waals surface area contributed by atoms with Gasteiger partial charge in [-0.05, 0) is 31.4 Å². The second-order valence-corrected chi connectivity index (χ2v) is 6.37. The maximum atomic E-state index is 12.6. The molecular weight excluding hydrogens is 375 g/mol. The first kappa shape index (κ1) is 20.0. The molecule has 1 atom stereocenters. The summed E-state index contributed by atoms with van der Waals surface area (Å²) >= 11 is 11.9. The third kappa shape index (κ3) is 6.49. The molecule has 1 aromatic rings. The number of hydrogen-bond acceptors (Lipinski definition) is 3. The lowest BCUT2D eigenvalue weighted by Crippen LogP contribution is -2.38. The lowest BCUT2D eigenvalue weighted by Gasteiger charge is -2.16. The smallest absolute Gasteiger partial charge is 0.387 e. The highest BCUT2D eigenvalue weighted by atomic mass is 35.5. The van der Waals surface area contributed by atoms with E-state index in [9.17, 15) is 8.78 Å². The molecule has 1 heterocycles. The van der Waals surface area contributed by atoms with Crippen LogP contribution in [0.3, 0.4) is 0 Å². The van der Waals surface area contributed by atoms with Gasteiger partial charge in [-0.1, -0.05) is 23.2 Å². The number of ether oxygens (including phenoxy) is 2. The Hall–Kier alpha value is -1.31. The van der Waals surface area contributed by atoms with Gasteiger partial charge in [-0.3, -0.25) is 4.99 Å². The number of benzene rings is 1. The number of halogens is 4. The van der Waals surface area contributed by atoms with Gasteiger partial charge in [0.05, 0.1) is 11.1 Å². The van der Waals surface area contributed by atoms with Gasteiger partial charge in [0.25, 0.3) is 0 Å². The van der Waals surface area contributed by atoms with E-state index in [2.05, 4.69) is 20.4 Å². The molecule has 1 aliphatic rings. The number of nitrogens with zero attached hydrogens (tertiary/aromatic N) is 1. The Morgan fingerprint density at radius 1 is 1.40 bits per heavy atom. The van der Waals surface area contributed by atoms with Crippen LogP contribution >= 0.6 is 23.2 Å². The SMILES string of the molecule is CN=C(NCCC1CCCO1)NCc1cc(Cl)cc(Cl)c1OC(F)F. The molecule has 140 valence electrons. The average Bonchev–Trinajstić information content (AvgIpc) is 3.06. The quantitative estimate of drug-likeness (QED) is 0.544. The molecule has 5 nitrogen and oxygen atoms in total. The summed E-state index contributed by atoms with van der Waals surface area (Å²) in [6, 6.07) is 2.89. The zero-order valence-electron chi connectivity index (χ0n) is 13.8. The first-order valence-corrected chi connectivity index (χ1v) is 8.74. The molecule has 1 unspecified atom stereocenters. The van der Waals surface area contributed by atoms with Crippen molar-refractivity contribution in [1.82, 2.24) is 10.6 Å². The van der Waals surface area contributed by atoms with Crippen molar-refractivity contribution in [3.63, 3.8) is 0 Å². The summed E-state index contributed by atoms with van der Waals surface area (Å²) in [5, 5.41) is 6.57. The molecule has 0 spiro atoms. The molecule has 2 N–H and O–H groups in total. The molecule has 0 saturated carbocycles. The van der Waals surface area contributed by atoms with Crippen molar-refractivity contribution >= 4 is 29.2 Å². The fraction of sp³-hybridized carbons (Fsp3) is 0.562. The van der Waals surface area contributed by atoms with Crippen molar-refractivity contribution in [2.24, 2.45) is 4.99 Å². The van der Waals surface area contributed by atoms with Gasteiger partial charge in [-0.25, -0.2) is 0 Å². The van der Waals surface area contributed by atoms with Crippen LogP contribution in [0.4, 0.5) is 8.78 Å². The normalized spacial score (nSPS) is 17.8. The Kier molecular flexibility index (Phi) is 7.99. The molecule has 1 aromatic carbocycles. The van der Waals surface area contributed by atoms with Gasteiger partial charge in [-0.2, -0.15) is 8.78 Å². The highest BCUT2D eigenvalue weighted by molar-refractivity contribution is 6.35. The van der Waals surface area contributed by atoms with Crippen molar-refractivity contribution in [3.8, 4) is 5.75 Å². The predicted molar refractivity (Wildman–Crippen MR) is 94.9 cm³/mol. The molecule has 1 fully saturated rings. The highest BCUT2D eigenvalue weighted by Crippen LogP contribution is 2.33. The van der Waals surface area contributed by atoms with E-state index in [1.54, 1.807) is 7.05 Å². The van der Waals surface area contributed by atoms with E-state index >= 15 is 0 Å². The molecule has 1 saturated heterocycles. The monoisotopic (exact) mass is 395 g/mol. The summed E-state index contributed by atoms with van der Waals surface area (Å²) in [6.07, 6.45) is 3.33. The van der Waals surface area contributed by atoms with E-state index < -0.39 is 6.61 Å². The Balaban J connectivity index is 1.91. The zero-order chi connectivity index (χ0) is 18.2. The van der Waals surface area contributed by atoms with Gasteiger partial charge in [0.1, 0.15) is 5.75 Å². The maximum absolute atomic E-state index is 12.6. The molecular formula is C16H21Cl2F2N3O2. The fourth-order valence-electron chi connectivity index (χ4n) is 2.59. The number of aliphatic imine (C=N–C) groups is 1. The van der Waals surface area contributed by atoms with E-state index in [1.807, 2.05) is 0 Å². The van der Waals surface area contributed by atoms with Gasteiger partial charge < -0.3 is 20.1 Å². The van der Waals surface area contributed by atoms with Gasteiger partial charge in [0, 0.05) is 37.3 Å². The van der Waals surface area contributed by atoms with Crippen molar-refractivity contribution < 1.29 is 18.3 Å².